The van der Waals surface area contributed by atoms with Crippen LogP contribution in [0.5, 0.6) is 5.75 Å². The number of hydrogen-bond acceptors (Lipinski definition) is 4. The molecule has 3 aromatic carbocycles. The van der Waals surface area contributed by atoms with Crippen LogP contribution in [0.15, 0.2) is 78.9 Å². The molecule has 0 fully saturated rings. The minimum atomic E-state index is -0.682. The Morgan fingerprint density at radius 1 is 0.767 bits per heavy atom. The summed E-state index contributed by atoms with van der Waals surface area (Å²) in [5, 5.41) is 2.79. The lowest BCUT2D eigenvalue weighted by molar-refractivity contribution is -0.122. The number of anilines is 1. The first-order chi connectivity index (χ1) is 14.4. The Kier molecular flexibility index (Phi) is 6.86. The van der Waals surface area contributed by atoms with Gasteiger partial charge < -0.3 is 14.8 Å². The van der Waals surface area contributed by atoms with Crippen LogP contribution in [0.25, 0.3) is 11.1 Å². The predicted molar refractivity (Wildman–Crippen MR) is 118 cm³/mol. The number of hydrogen-bond donors (Lipinski definition) is 1. The molecule has 0 aliphatic rings. The van der Waals surface area contributed by atoms with E-state index in [1.807, 2.05) is 54.6 Å². The fraction of sp³-hybridized carbons (Fsp3) is 0.200. The normalized spacial score (nSPS) is 11.6. The molecule has 154 valence electrons. The minimum Gasteiger partial charge on any atom is -0.481 e. The highest BCUT2D eigenvalue weighted by molar-refractivity contribution is 5.95. The molecule has 0 heterocycles. The summed E-state index contributed by atoms with van der Waals surface area (Å²) >= 11 is 0. The Labute approximate surface area is 176 Å². The van der Waals surface area contributed by atoms with Gasteiger partial charge in [0.05, 0.1) is 11.7 Å². The fourth-order valence-corrected chi connectivity index (χ4v) is 2.83. The molecule has 5 nitrogen and oxygen atoms in total. The Balaban J connectivity index is 1.56. The first-order valence-corrected chi connectivity index (χ1v) is 9.86. The van der Waals surface area contributed by atoms with Gasteiger partial charge in [0.2, 0.25) is 0 Å². The molecule has 5 heteroatoms. The number of carbonyl (C=O) groups is 2. The van der Waals surface area contributed by atoms with Crippen LogP contribution in [0.2, 0.25) is 0 Å². The van der Waals surface area contributed by atoms with E-state index < -0.39 is 12.1 Å². The summed E-state index contributed by atoms with van der Waals surface area (Å²) in [6, 6.07) is 24.2. The third-order valence-corrected chi connectivity index (χ3v) is 4.37. The second kappa shape index (κ2) is 9.74. The van der Waals surface area contributed by atoms with Crippen molar-refractivity contribution in [3.8, 4) is 16.9 Å². The van der Waals surface area contributed by atoms with Crippen molar-refractivity contribution in [3.05, 3.63) is 84.4 Å². The first kappa shape index (κ1) is 21.1. The molecule has 0 aromatic heterocycles. The lowest BCUT2D eigenvalue weighted by atomic mass is 10.1. The van der Waals surface area contributed by atoms with Crippen LogP contribution < -0.4 is 10.1 Å². The highest BCUT2D eigenvalue weighted by atomic mass is 16.5. The molecular formula is C25H25NO4. The van der Waals surface area contributed by atoms with Crippen LogP contribution >= 0.6 is 0 Å². The zero-order chi connectivity index (χ0) is 21.5. The summed E-state index contributed by atoms with van der Waals surface area (Å²) < 4.78 is 10.9. The molecule has 0 aliphatic heterocycles. The summed E-state index contributed by atoms with van der Waals surface area (Å²) in [6.07, 6.45) is -0.866. The zero-order valence-electron chi connectivity index (χ0n) is 17.3. The summed E-state index contributed by atoms with van der Waals surface area (Å²) in [7, 11) is 0. The van der Waals surface area contributed by atoms with Crippen LogP contribution in [0.3, 0.4) is 0 Å². The molecule has 0 saturated carbocycles. The van der Waals surface area contributed by atoms with E-state index in [1.165, 1.54) is 0 Å². The Morgan fingerprint density at radius 3 is 1.97 bits per heavy atom. The van der Waals surface area contributed by atoms with Crippen molar-refractivity contribution < 1.29 is 19.1 Å². The molecule has 1 N–H and O–H groups in total. The van der Waals surface area contributed by atoms with Gasteiger partial charge in [-0.2, -0.15) is 0 Å². The van der Waals surface area contributed by atoms with E-state index in [4.69, 9.17) is 9.47 Å². The standard InChI is InChI=1S/C25H25NO4/c1-17(2)29-25(28)21-9-13-22(14-10-21)26-24(27)18(3)30-23-15-11-20(12-16-23)19-7-5-4-6-8-19/h4-18H,1-3H3,(H,26,27). The molecule has 0 saturated heterocycles. The van der Waals surface area contributed by atoms with Gasteiger partial charge in [-0.25, -0.2) is 4.79 Å². The molecule has 1 atom stereocenters. The largest absolute Gasteiger partial charge is 0.481 e. The highest BCUT2D eigenvalue weighted by Crippen LogP contribution is 2.23. The predicted octanol–water partition coefficient (Wildman–Crippen LogP) is 5.32. The van der Waals surface area contributed by atoms with Gasteiger partial charge in [0, 0.05) is 5.69 Å². The van der Waals surface area contributed by atoms with Crippen LogP contribution in [-0.2, 0) is 9.53 Å². The fourth-order valence-electron chi connectivity index (χ4n) is 2.83. The molecule has 0 radical (unpaired) electrons. The lowest BCUT2D eigenvalue weighted by Crippen LogP contribution is -2.30. The zero-order valence-corrected chi connectivity index (χ0v) is 17.3. The monoisotopic (exact) mass is 403 g/mol. The SMILES string of the molecule is CC(C)OC(=O)c1ccc(NC(=O)C(C)Oc2ccc(-c3ccccc3)cc2)cc1. The topological polar surface area (TPSA) is 64.6 Å². The number of carbonyl (C=O) groups excluding carboxylic acids is 2. The van der Waals surface area contributed by atoms with E-state index in [0.717, 1.165) is 11.1 Å². The first-order valence-electron chi connectivity index (χ1n) is 9.86. The Hall–Kier alpha value is -3.60. The van der Waals surface area contributed by atoms with Gasteiger partial charge in [0.1, 0.15) is 5.75 Å². The molecule has 1 amide bonds. The van der Waals surface area contributed by atoms with Gasteiger partial charge in [-0.15, -0.1) is 0 Å². The van der Waals surface area contributed by atoms with Crippen LogP contribution in [0.1, 0.15) is 31.1 Å². The van der Waals surface area contributed by atoms with Crippen molar-refractivity contribution in [2.24, 2.45) is 0 Å². The van der Waals surface area contributed by atoms with Crippen molar-refractivity contribution in [1.82, 2.24) is 0 Å². The second-order valence-corrected chi connectivity index (χ2v) is 7.17. The van der Waals surface area contributed by atoms with Crippen LogP contribution in [0.4, 0.5) is 5.69 Å². The molecule has 3 rings (SSSR count). The average molecular weight is 403 g/mol. The van der Waals surface area contributed by atoms with E-state index in [-0.39, 0.29) is 12.0 Å². The molecule has 0 aliphatic carbocycles. The molecule has 0 spiro atoms. The maximum absolute atomic E-state index is 12.4. The Bertz CT molecular complexity index is 980. The number of rotatable bonds is 7. The molecule has 0 bridgehead atoms. The summed E-state index contributed by atoms with van der Waals surface area (Å²) in [4.78, 5) is 24.3. The van der Waals surface area contributed by atoms with E-state index in [2.05, 4.69) is 5.32 Å². The van der Waals surface area contributed by atoms with Crippen molar-refractivity contribution in [2.75, 3.05) is 5.32 Å². The molecule has 1 unspecified atom stereocenters. The number of amides is 1. The van der Waals surface area contributed by atoms with Gasteiger partial charge in [0.15, 0.2) is 6.10 Å². The molecule has 3 aromatic rings. The van der Waals surface area contributed by atoms with Crippen molar-refractivity contribution in [1.29, 1.82) is 0 Å². The van der Waals surface area contributed by atoms with E-state index in [9.17, 15) is 9.59 Å². The summed E-state index contributed by atoms with van der Waals surface area (Å²) in [5.41, 5.74) is 3.21. The summed E-state index contributed by atoms with van der Waals surface area (Å²) in [6.45, 7) is 5.28. The van der Waals surface area contributed by atoms with Crippen LogP contribution in [0, 0.1) is 0 Å². The van der Waals surface area contributed by atoms with Gasteiger partial charge in [-0.3, -0.25) is 4.79 Å². The van der Waals surface area contributed by atoms with E-state index in [1.54, 1.807) is 45.0 Å². The number of ether oxygens (including phenoxy) is 2. The maximum Gasteiger partial charge on any atom is 0.338 e. The van der Waals surface area contributed by atoms with Gasteiger partial charge in [0.25, 0.3) is 5.91 Å². The van der Waals surface area contributed by atoms with E-state index in [0.29, 0.717) is 17.0 Å². The molecular weight excluding hydrogens is 378 g/mol. The van der Waals surface area contributed by atoms with Crippen molar-refractivity contribution >= 4 is 17.6 Å². The number of esters is 1. The second-order valence-electron chi connectivity index (χ2n) is 7.17. The van der Waals surface area contributed by atoms with Crippen molar-refractivity contribution in [3.63, 3.8) is 0 Å². The average Bonchev–Trinajstić information content (AvgIpc) is 2.75. The summed E-state index contributed by atoms with van der Waals surface area (Å²) in [5.74, 6) is -0.0534. The number of nitrogens with one attached hydrogen (secondary N) is 1. The number of benzene rings is 3. The molecule has 30 heavy (non-hydrogen) atoms. The minimum absolute atomic E-state index is 0.184. The van der Waals surface area contributed by atoms with Crippen LogP contribution in [-0.4, -0.2) is 24.1 Å². The third kappa shape index (κ3) is 5.70. The Morgan fingerprint density at radius 2 is 1.37 bits per heavy atom. The lowest BCUT2D eigenvalue weighted by Gasteiger charge is -2.15. The third-order valence-electron chi connectivity index (χ3n) is 4.37. The highest BCUT2D eigenvalue weighted by Gasteiger charge is 2.16. The van der Waals surface area contributed by atoms with Gasteiger partial charge in [-0.05, 0) is 68.3 Å². The maximum atomic E-state index is 12.4. The smallest absolute Gasteiger partial charge is 0.338 e. The van der Waals surface area contributed by atoms with Gasteiger partial charge in [-0.1, -0.05) is 42.5 Å². The van der Waals surface area contributed by atoms with Gasteiger partial charge >= 0.3 is 5.97 Å². The quantitative estimate of drug-likeness (QED) is 0.542. The van der Waals surface area contributed by atoms with E-state index >= 15 is 0 Å². The van der Waals surface area contributed by atoms with Crippen molar-refractivity contribution in [2.45, 2.75) is 33.0 Å².